The Hall–Kier alpha value is -2.18. The normalized spacial score (nSPS) is 12.7. The molecule has 96 heavy (non-hydrogen) atoms. The number of unbranched alkanes of at least 4 members (excludes halogenated alkanes) is 64. The summed E-state index contributed by atoms with van der Waals surface area (Å²) in [5.41, 5.74) is 0. The van der Waals surface area contributed by atoms with Crippen LogP contribution in [0.15, 0.2) is 48.6 Å². The third-order valence-corrected chi connectivity index (χ3v) is 20.6. The van der Waals surface area contributed by atoms with Crippen LogP contribution in [-0.4, -0.2) is 47.4 Å². The number of carbonyl (C=O) groups is 2. The van der Waals surface area contributed by atoms with Gasteiger partial charge in [-0.15, -0.1) is 0 Å². The van der Waals surface area contributed by atoms with Gasteiger partial charge < -0.3 is 20.3 Å². The lowest BCUT2D eigenvalue weighted by Gasteiger charge is -2.22. The summed E-state index contributed by atoms with van der Waals surface area (Å²) < 4.78 is 5.50. The fourth-order valence-electron chi connectivity index (χ4n) is 13.9. The zero-order valence-electron chi connectivity index (χ0n) is 65.1. The molecule has 6 nitrogen and oxygen atoms in total. The van der Waals surface area contributed by atoms with Crippen molar-refractivity contribution in [3.05, 3.63) is 48.6 Å². The molecule has 0 rings (SSSR count). The van der Waals surface area contributed by atoms with E-state index in [1.807, 2.05) is 0 Å². The van der Waals surface area contributed by atoms with Crippen LogP contribution in [0.1, 0.15) is 489 Å². The van der Waals surface area contributed by atoms with E-state index in [-0.39, 0.29) is 18.5 Å². The summed E-state index contributed by atoms with van der Waals surface area (Å²) in [5.74, 6) is -0.0191. The third-order valence-electron chi connectivity index (χ3n) is 20.6. The van der Waals surface area contributed by atoms with Crippen molar-refractivity contribution in [1.29, 1.82) is 0 Å². The van der Waals surface area contributed by atoms with Gasteiger partial charge in [0.2, 0.25) is 5.91 Å². The maximum Gasteiger partial charge on any atom is 0.305 e. The molecule has 0 radical (unpaired) electrons. The van der Waals surface area contributed by atoms with Crippen molar-refractivity contribution in [2.24, 2.45) is 0 Å². The molecule has 0 heterocycles. The summed E-state index contributed by atoms with van der Waals surface area (Å²) in [4.78, 5) is 24.7. The highest BCUT2D eigenvalue weighted by Crippen LogP contribution is 2.21. The number of carbonyl (C=O) groups excluding carboxylic acids is 2. The maximum absolute atomic E-state index is 12.6. The van der Waals surface area contributed by atoms with Gasteiger partial charge in [0.05, 0.1) is 25.4 Å². The standard InChI is InChI=1S/C90H171NO5/c1-3-5-7-9-11-13-15-17-19-20-21-22-23-39-42-45-48-51-55-58-62-66-70-74-78-82-88(93)87(86-92)91-89(94)83-79-75-71-67-63-59-56-52-49-46-43-40-37-35-33-31-29-27-25-24-26-28-30-32-34-36-38-41-44-47-50-53-57-61-65-69-73-77-81-85-96-90(95)84-80-76-72-68-64-60-54-18-16-14-12-10-8-6-4-2/h12,14,18,24-25,28,30,54,87-88,92-93H,3-11,13,15-17,19-23,26-27,29,31-53,55-86H2,1-2H3,(H,91,94)/b14-12-,25-24-,30-28-,54-18-. The van der Waals surface area contributed by atoms with Crippen LogP contribution in [0.25, 0.3) is 0 Å². The van der Waals surface area contributed by atoms with E-state index in [2.05, 4.69) is 67.8 Å². The van der Waals surface area contributed by atoms with Crippen molar-refractivity contribution in [3.63, 3.8) is 0 Å². The minimum Gasteiger partial charge on any atom is -0.466 e. The van der Waals surface area contributed by atoms with Crippen LogP contribution >= 0.6 is 0 Å². The number of nitrogens with one attached hydrogen (secondary N) is 1. The number of ether oxygens (including phenoxy) is 1. The molecule has 0 aromatic heterocycles. The van der Waals surface area contributed by atoms with E-state index in [1.54, 1.807) is 0 Å². The summed E-state index contributed by atoms with van der Waals surface area (Å²) in [6, 6.07) is -0.541. The van der Waals surface area contributed by atoms with E-state index in [0.29, 0.717) is 25.9 Å². The van der Waals surface area contributed by atoms with Crippen LogP contribution in [0.5, 0.6) is 0 Å². The van der Waals surface area contributed by atoms with E-state index >= 15 is 0 Å². The molecule has 0 aliphatic rings. The van der Waals surface area contributed by atoms with E-state index in [0.717, 1.165) is 57.8 Å². The highest BCUT2D eigenvalue weighted by Gasteiger charge is 2.20. The lowest BCUT2D eigenvalue weighted by Crippen LogP contribution is -2.45. The summed E-state index contributed by atoms with van der Waals surface area (Å²) in [6.45, 7) is 4.97. The fourth-order valence-corrected chi connectivity index (χ4v) is 13.9. The second-order valence-corrected chi connectivity index (χ2v) is 30.2. The third kappa shape index (κ3) is 80.8. The van der Waals surface area contributed by atoms with E-state index < -0.39 is 12.1 Å². The fraction of sp³-hybridized carbons (Fsp3) is 0.889. The highest BCUT2D eigenvalue weighted by atomic mass is 16.5. The summed E-state index contributed by atoms with van der Waals surface area (Å²) >= 11 is 0. The molecule has 2 unspecified atom stereocenters. The van der Waals surface area contributed by atoms with E-state index in [1.165, 1.54) is 398 Å². The van der Waals surface area contributed by atoms with Crippen molar-refractivity contribution in [2.45, 2.75) is 501 Å². The minimum atomic E-state index is -0.664. The Morgan fingerprint density at radius 1 is 0.292 bits per heavy atom. The molecule has 0 fully saturated rings. The molecule has 0 aromatic carbocycles. The smallest absolute Gasteiger partial charge is 0.305 e. The molecule has 0 saturated carbocycles. The second kappa shape index (κ2) is 85.2. The number of esters is 1. The van der Waals surface area contributed by atoms with Gasteiger partial charge in [0.1, 0.15) is 0 Å². The van der Waals surface area contributed by atoms with E-state index in [9.17, 15) is 19.8 Å². The molecule has 0 aromatic rings. The van der Waals surface area contributed by atoms with Gasteiger partial charge >= 0.3 is 5.97 Å². The van der Waals surface area contributed by atoms with Crippen LogP contribution in [0.3, 0.4) is 0 Å². The Morgan fingerprint density at radius 2 is 0.521 bits per heavy atom. The van der Waals surface area contributed by atoms with Crippen molar-refractivity contribution < 1.29 is 24.5 Å². The number of amides is 1. The minimum absolute atomic E-state index is 0.00689. The molecule has 566 valence electrons. The van der Waals surface area contributed by atoms with Crippen LogP contribution in [0.4, 0.5) is 0 Å². The van der Waals surface area contributed by atoms with Crippen LogP contribution < -0.4 is 5.32 Å². The molecule has 0 aliphatic carbocycles. The number of hydrogen-bond acceptors (Lipinski definition) is 5. The first kappa shape index (κ1) is 93.8. The second-order valence-electron chi connectivity index (χ2n) is 30.2. The van der Waals surface area contributed by atoms with Crippen LogP contribution in [0, 0.1) is 0 Å². The first-order chi connectivity index (χ1) is 47.5. The Bertz CT molecular complexity index is 1600. The van der Waals surface area contributed by atoms with Gasteiger partial charge in [-0.3, -0.25) is 9.59 Å². The number of aliphatic hydroxyl groups excluding tert-OH is 2. The summed E-state index contributed by atoms with van der Waals surface area (Å²) in [7, 11) is 0. The topological polar surface area (TPSA) is 95.9 Å². The lowest BCUT2D eigenvalue weighted by atomic mass is 10.0. The molecule has 2 atom stereocenters. The van der Waals surface area contributed by atoms with Gasteiger partial charge in [0.25, 0.3) is 0 Å². The predicted molar refractivity (Wildman–Crippen MR) is 426 cm³/mol. The van der Waals surface area contributed by atoms with Gasteiger partial charge in [-0.05, 0) is 89.9 Å². The zero-order valence-corrected chi connectivity index (χ0v) is 65.1. The first-order valence-corrected chi connectivity index (χ1v) is 43.9. The van der Waals surface area contributed by atoms with Crippen molar-refractivity contribution in [3.8, 4) is 0 Å². The maximum atomic E-state index is 12.6. The van der Waals surface area contributed by atoms with Gasteiger partial charge in [-0.1, -0.05) is 435 Å². The zero-order chi connectivity index (χ0) is 69.1. The number of aliphatic hydroxyl groups is 2. The number of allylic oxidation sites excluding steroid dienone is 8. The van der Waals surface area contributed by atoms with Gasteiger partial charge in [-0.25, -0.2) is 0 Å². The predicted octanol–water partition coefficient (Wildman–Crippen LogP) is 29.5. The largest absolute Gasteiger partial charge is 0.466 e. The molecule has 3 N–H and O–H groups in total. The van der Waals surface area contributed by atoms with Crippen LogP contribution in [-0.2, 0) is 14.3 Å². The van der Waals surface area contributed by atoms with Crippen molar-refractivity contribution in [2.75, 3.05) is 13.2 Å². The summed E-state index contributed by atoms with van der Waals surface area (Å²) in [6.07, 6.45) is 114. The molecule has 0 saturated heterocycles. The molecular weight excluding hydrogens is 1170 g/mol. The monoisotopic (exact) mass is 1350 g/mol. The highest BCUT2D eigenvalue weighted by molar-refractivity contribution is 5.76. The van der Waals surface area contributed by atoms with Crippen molar-refractivity contribution in [1.82, 2.24) is 5.32 Å². The molecule has 0 bridgehead atoms. The van der Waals surface area contributed by atoms with Crippen LogP contribution in [0.2, 0.25) is 0 Å². The SMILES string of the molecule is CCCCC/C=C\C/C=C\CCCCCCCC(=O)OCCCCCCCCCCCCCCCCC/C=C\C/C=C\CCCCCCCCCCCCCCCCCCCC(=O)NC(CO)C(O)CCCCCCCCCCCCCCCCCCCCCCCCCCC. The molecular formula is C90H171NO5. The first-order valence-electron chi connectivity index (χ1n) is 43.9. The van der Waals surface area contributed by atoms with Crippen molar-refractivity contribution >= 4 is 11.9 Å². The average molecular weight is 1350 g/mol. The lowest BCUT2D eigenvalue weighted by molar-refractivity contribution is -0.143. The Labute approximate surface area is 601 Å². The number of rotatable bonds is 83. The van der Waals surface area contributed by atoms with Gasteiger partial charge in [0, 0.05) is 12.8 Å². The van der Waals surface area contributed by atoms with Gasteiger partial charge in [0.15, 0.2) is 0 Å². The molecule has 0 spiro atoms. The molecule has 6 heteroatoms. The Balaban J connectivity index is 3.36. The molecule has 0 aliphatic heterocycles. The average Bonchev–Trinajstić information content (AvgIpc) is 2.50. The molecule has 1 amide bonds. The van der Waals surface area contributed by atoms with Gasteiger partial charge in [-0.2, -0.15) is 0 Å². The quantitative estimate of drug-likeness (QED) is 0.0320. The van der Waals surface area contributed by atoms with E-state index in [4.69, 9.17) is 4.74 Å². The number of hydrogen-bond donors (Lipinski definition) is 3. The Morgan fingerprint density at radius 3 is 0.812 bits per heavy atom. The Kier molecular flexibility index (Phi) is 83.3. The summed E-state index contributed by atoms with van der Waals surface area (Å²) in [5, 5.41) is 23.5.